The Kier molecular flexibility index (Phi) is 7.92. The zero-order chi connectivity index (χ0) is 25.6. The highest BCUT2D eigenvalue weighted by Crippen LogP contribution is 2.57. The van der Waals surface area contributed by atoms with Crippen molar-refractivity contribution < 1.29 is 42.3 Å². The number of ether oxygens (including phenoxy) is 4. The molecule has 0 aromatic heterocycles. The molecule has 3 fully saturated rings. The summed E-state index contributed by atoms with van der Waals surface area (Å²) in [5.41, 5.74) is 0.224. The third kappa shape index (κ3) is 6.56. The van der Waals surface area contributed by atoms with Crippen LogP contribution in [0.1, 0.15) is 59.3 Å². The Labute approximate surface area is 204 Å². The van der Waals surface area contributed by atoms with Crippen LogP contribution >= 0.6 is 0 Å². The summed E-state index contributed by atoms with van der Waals surface area (Å²) in [6.45, 7) is 6.12. The van der Waals surface area contributed by atoms with Crippen molar-refractivity contribution in [1.29, 1.82) is 0 Å². The van der Waals surface area contributed by atoms with Crippen molar-refractivity contribution in [3.63, 3.8) is 0 Å². The van der Waals surface area contributed by atoms with E-state index >= 15 is 0 Å². The number of aliphatic hydroxyl groups is 2. The SMILES string of the molecule is CC(F)CC(CC(O)NC(O)C1(C2=CC3OC(F)(F)OC3CC2)CC1)N(C)CC1COC(C)(C)O1. The zero-order valence-electron chi connectivity index (χ0n) is 20.9. The maximum Gasteiger partial charge on any atom is 0.486 e. The van der Waals surface area contributed by atoms with E-state index in [0.717, 1.165) is 5.57 Å². The Morgan fingerprint density at radius 1 is 1.17 bits per heavy atom. The monoisotopic (exact) mass is 508 g/mol. The molecule has 7 atom stereocenters. The van der Waals surface area contributed by atoms with Crippen LogP contribution in [-0.4, -0.2) is 90.4 Å². The van der Waals surface area contributed by atoms with Crippen LogP contribution in [0.2, 0.25) is 0 Å². The van der Waals surface area contributed by atoms with E-state index in [9.17, 15) is 23.4 Å². The van der Waals surface area contributed by atoms with E-state index in [4.69, 9.17) is 14.2 Å². The maximum absolute atomic E-state index is 13.9. The average Bonchev–Trinajstić information content (AvgIpc) is 3.39. The summed E-state index contributed by atoms with van der Waals surface area (Å²) < 4.78 is 61.7. The lowest BCUT2D eigenvalue weighted by Gasteiger charge is -2.35. The van der Waals surface area contributed by atoms with Gasteiger partial charge in [0, 0.05) is 24.4 Å². The first-order chi connectivity index (χ1) is 16.3. The molecule has 2 saturated heterocycles. The molecule has 2 aliphatic heterocycles. The van der Waals surface area contributed by atoms with Crippen LogP contribution in [0, 0.1) is 5.41 Å². The average molecular weight is 509 g/mol. The highest BCUT2D eigenvalue weighted by Gasteiger charge is 2.56. The van der Waals surface area contributed by atoms with E-state index < -0.39 is 48.3 Å². The summed E-state index contributed by atoms with van der Waals surface area (Å²) in [4.78, 5) is 1.96. The minimum Gasteiger partial charge on any atom is -0.378 e. The van der Waals surface area contributed by atoms with Gasteiger partial charge in [-0.05, 0) is 59.9 Å². The van der Waals surface area contributed by atoms with Gasteiger partial charge in [-0.2, -0.15) is 0 Å². The van der Waals surface area contributed by atoms with Gasteiger partial charge in [0.15, 0.2) is 5.79 Å². The second-order valence-corrected chi connectivity index (χ2v) is 11.0. The number of fused-ring (bicyclic) bond motifs is 1. The van der Waals surface area contributed by atoms with Crippen LogP contribution in [0.25, 0.3) is 0 Å². The Morgan fingerprint density at radius 2 is 1.89 bits per heavy atom. The van der Waals surface area contributed by atoms with Crippen molar-refractivity contribution in [2.75, 3.05) is 20.2 Å². The molecule has 0 aromatic rings. The van der Waals surface area contributed by atoms with E-state index in [1.165, 1.54) is 6.92 Å². The highest BCUT2D eigenvalue weighted by atomic mass is 19.3. The second-order valence-electron chi connectivity index (χ2n) is 11.0. The molecule has 3 N–H and O–H groups in total. The molecule has 0 bridgehead atoms. The lowest BCUT2D eigenvalue weighted by atomic mass is 9.83. The number of nitrogens with one attached hydrogen (secondary N) is 1. The van der Waals surface area contributed by atoms with Crippen LogP contribution in [0.15, 0.2) is 11.6 Å². The van der Waals surface area contributed by atoms with Gasteiger partial charge in [0.2, 0.25) is 0 Å². The number of alkyl halides is 3. The quantitative estimate of drug-likeness (QED) is 0.290. The summed E-state index contributed by atoms with van der Waals surface area (Å²) in [6, 6.07) is -0.298. The topological polar surface area (TPSA) is 92.7 Å². The second kappa shape index (κ2) is 10.2. The standard InChI is InChI=1S/C24H39F3N2O6/c1-14(25)9-16(29(4)12-17-13-32-22(2,3)33-17)11-20(30)28-21(31)23(7-8-23)15-5-6-18-19(10-15)35-24(26,27)34-18/h10,14,16-21,28,30-31H,5-9,11-13H2,1-4H3. The van der Waals surface area contributed by atoms with Gasteiger partial charge in [-0.3, -0.25) is 14.8 Å². The normalized spacial score (nSPS) is 34.2. The lowest BCUT2D eigenvalue weighted by Crippen LogP contribution is -2.49. The Hall–Kier alpha value is -0.790. The summed E-state index contributed by atoms with van der Waals surface area (Å²) in [5, 5.41) is 24.6. The first-order valence-electron chi connectivity index (χ1n) is 12.5. The number of hydrogen-bond acceptors (Lipinski definition) is 8. The zero-order valence-corrected chi connectivity index (χ0v) is 20.9. The molecule has 4 rings (SSSR count). The number of rotatable bonds is 11. The molecule has 11 heteroatoms. The number of likely N-dealkylation sites (N-methyl/N-ethyl adjacent to an activating group) is 1. The fourth-order valence-corrected chi connectivity index (χ4v) is 5.59. The molecule has 0 spiro atoms. The lowest BCUT2D eigenvalue weighted by molar-refractivity contribution is -0.349. The van der Waals surface area contributed by atoms with Crippen molar-refractivity contribution in [3.8, 4) is 0 Å². The van der Waals surface area contributed by atoms with Gasteiger partial charge in [0.1, 0.15) is 18.6 Å². The molecule has 4 aliphatic rings. The molecule has 0 amide bonds. The van der Waals surface area contributed by atoms with E-state index in [1.807, 2.05) is 25.8 Å². The molecule has 0 radical (unpaired) electrons. The fourth-order valence-electron chi connectivity index (χ4n) is 5.59. The predicted molar refractivity (Wildman–Crippen MR) is 120 cm³/mol. The van der Waals surface area contributed by atoms with Crippen LogP contribution in [-0.2, 0) is 18.9 Å². The van der Waals surface area contributed by atoms with Crippen LogP contribution in [0.4, 0.5) is 13.2 Å². The molecule has 202 valence electrons. The summed E-state index contributed by atoms with van der Waals surface area (Å²) >= 11 is 0. The van der Waals surface area contributed by atoms with Crippen molar-refractivity contribution in [1.82, 2.24) is 10.2 Å². The molecule has 1 saturated carbocycles. The van der Waals surface area contributed by atoms with Crippen LogP contribution < -0.4 is 5.32 Å². The smallest absolute Gasteiger partial charge is 0.378 e. The highest BCUT2D eigenvalue weighted by molar-refractivity contribution is 5.28. The van der Waals surface area contributed by atoms with Gasteiger partial charge < -0.3 is 24.6 Å². The minimum atomic E-state index is -3.59. The third-order valence-corrected chi connectivity index (χ3v) is 7.57. The minimum absolute atomic E-state index is 0.158. The molecular weight excluding hydrogens is 469 g/mol. The predicted octanol–water partition coefficient (Wildman–Crippen LogP) is 2.64. The number of aliphatic hydroxyl groups excluding tert-OH is 2. The fraction of sp³-hybridized carbons (Fsp3) is 0.917. The first kappa shape index (κ1) is 27.3. The van der Waals surface area contributed by atoms with Gasteiger partial charge in [0.25, 0.3) is 0 Å². The van der Waals surface area contributed by atoms with Gasteiger partial charge in [-0.1, -0.05) is 11.6 Å². The van der Waals surface area contributed by atoms with E-state index in [2.05, 4.69) is 10.1 Å². The van der Waals surface area contributed by atoms with Crippen LogP contribution in [0.3, 0.4) is 0 Å². The molecule has 8 nitrogen and oxygen atoms in total. The summed E-state index contributed by atoms with van der Waals surface area (Å²) in [6.07, 6.45) is -4.21. The molecule has 7 unspecified atom stereocenters. The van der Waals surface area contributed by atoms with Crippen molar-refractivity contribution >= 4 is 0 Å². The molecule has 0 aromatic carbocycles. The maximum atomic E-state index is 13.9. The Morgan fingerprint density at radius 3 is 2.49 bits per heavy atom. The van der Waals surface area contributed by atoms with Crippen molar-refractivity contribution in [2.24, 2.45) is 5.41 Å². The van der Waals surface area contributed by atoms with Gasteiger partial charge in [0.05, 0.1) is 25.0 Å². The van der Waals surface area contributed by atoms with Gasteiger partial charge in [-0.15, -0.1) is 8.78 Å². The molecule has 35 heavy (non-hydrogen) atoms. The van der Waals surface area contributed by atoms with E-state index in [1.54, 1.807) is 6.08 Å². The largest absolute Gasteiger partial charge is 0.486 e. The van der Waals surface area contributed by atoms with E-state index in [0.29, 0.717) is 38.8 Å². The van der Waals surface area contributed by atoms with Gasteiger partial charge in [-0.25, -0.2) is 4.39 Å². The number of hydrogen-bond donors (Lipinski definition) is 3. The number of halogens is 3. The van der Waals surface area contributed by atoms with Crippen molar-refractivity contribution in [2.45, 2.75) is 114 Å². The van der Waals surface area contributed by atoms with Crippen molar-refractivity contribution in [3.05, 3.63) is 11.6 Å². The van der Waals surface area contributed by atoms with Gasteiger partial charge >= 0.3 is 6.29 Å². The van der Waals surface area contributed by atoms with E-state index in [-0.39, 0.29) is 25.0 Å². The number of nitrogens with zero attached hydrogens (tertiary/aromatic N) is 1. The third-order valence-electron chi connectivity index (χ3n) is 7.57. The summed E-state index contributed by atoms with van der Waals surface area (Å²) in [7, 11) is 1.86. The molecule has 2 aliphatic carbocycles. The molecule has 2 heterocycles. The Balaban J connectivity index is 1.34. The first-order valence-corrected chi connectivity index (χ1v) is 12.5. The summed E-state index contributed by atoms with van der Waals surface area (Å²) in [5.74, 6) is -0.655. The molecular formula is C24H39F3N2O6. The van der Waals surface area contributed by atoms with Crippen LogP contribution in [0.5, 0.6) is 0 Å². The Bertz CT molecular complexity index is 778.